The summed E-state index contributed by atoms with van der Waals surface area (Å²) in [5.41, 5.74) is 6.10. The summed E-state index contributed by atoms with van der Waals surface area (Å²) in [5.74, 6) is 0.0833. The first-order chi connectivity index (χ1) is 14.1. The van der Waals surface area contributed by atoms with Crippen LogP contribution in [-0.4, -0.2) is 59.5 Å². The molecular formula is C23H30N4O2. The lowest BCUT2D eigenvalue weighted by Crippen LogP contribution is -2.41. The van der Waals surface area contributed by atoms with E-state index < -0.39 is 0 Å². The molecule has 2 aromatic rings. The van der Waals surface area contributed by atoms with Gasteiger partial charge in [-0.15, -0.1) is 0 Å². The Bertz CT molecular complexity index is 896. The maximum Gasteiger partial charge on any atom is 0.234 e. The highest BCUT2D eigenvalue weighted by Gasteiger charge is 2.19. The summed E-state index contributed by atoms with van der Waals surface area (Å²) in [6.07, 6.45) is 9.52. The molecule has 3 heterocycles. The highest BCUT2D eigenvalue weighted by atomic mass is 16.5. The number of nitrogens with zero attached hydrogens (tertiary/aromatic N) is 3. The third kappa shape index (κ3) is 4.95. The molecule has 1 aromatic heterocycles. The predicted octanol–water partition coefficient (Wildman–Crippen LogP) is 2.87. The van der Waals surface area contributed by atoms with Crippen LogP contribution in [-0.2, 0) is 9.53 Å². The van der Waals surface area contributed by atoms with Crippen LogP contribution in [0.25, 0.3) is 11.3 Å². The molecule has 4 rings (SSSR count). The highest BCUT2D eigenvalue weighted by molar-refractivity contribution is 5.78. The van der Waals surface area contributed by atoms with Crippen molar-refractivity contribution in [2.45, 2.75) is 39.2 Å². The fourth-order valence-electron chi connectivity index (χ4n) is 3.91. The summed E-state index contributed by atoms with van der Waals surface area (Å²) in [6.45, 7) is 7.81. The van der Waals surface area contributed by atoms with E-state index in [9.17, 15) is 4.79 Å². The number of amides is 1. The first kappa shape index (κ1) is 19.9. The molecule has 6 heteroatoms. The van der Waals surface area contributed by atoms with Gasteiger partial charge in [-0.2, -0.15) is 5.10 Å². The number of rotatable bonds is 6. The lowest BCUT2D eigenvalue weighted by atomic mass is 10.0. The maximum absolute atomic E-state index is 12.2. The minimum absolute atomic E-state index is 0.0833. The Morgan fingerprint density at radius 2 is 2.21 bits per heavy atom. The van der Waals surface area contributed by atoms with Crippen LogP contribution >= 0.6 is 0 Å². The third-order valence-corrected chi connectivity index (χ3v) is 5.92. The van der Waals surface area contributed by atoms with Gasteiger partial charge in [-0.05, 0) is 61.9 Å². The van der Waals surface area contributed by atoms with Crippen molar-refractivity contribution in [2.24, 2.45) is 0 Å². The van der Waals surface area contributed by atoms with Gasteiger partial charge in [0, 0.05) is 38.0 Å². The minimum Gasteiger partial charge on any atom is -0.376 e. The Labute approximate surface area is 172 Å². The second-order valence-corrected chi connectivity index (χ2v) is 8.10. The molecule has 1 saturated heterocycles. The molecule has 0 saturated carbocycles. The molecule has 6 nitrogen and oxygen atoms in total. The van der Waals surface area contributed by atoms with Crippen LogP contribution in [0.3, 0.4) is 0 Å². The summed E-state index contributed by atoms with van der Waals surface area (Å²) in [4.78, 5) is 14.4. The van der Waals surface area contributed by atoms with E-state index in [1.807, 2.05) is 10.9 Å². The molecule has 2 aliphatic rings. The number of benzene rings is 1. The molecule has 0 radical (unpaired) electrons. The molecule has 1 fully saturated rings. The molecule has 1 amide bonds. The van der Waals surface area contributed by atoms with Crippen LogP contribution in [0.2, 0.25) is 0 Å². The van der Waals surface area contributed by atoms with Gasteiger partial charge in [0.1, 0.15) is 0 Å². The van der Waals surface area contributed by atoms with Gasteiger partial charge >= 0.3 is 0 Å². The van der Waals surface area contributed by atoms with Crippen LogP contribution in [0.1, 0.15) is 36.0 Å². The van der Waals surface area contributed by atoms with Gasteiger partial charge < -0.3 is 10.1 Å². The maximum atomic E-state index is 12.2. The summed E-state index contributed by atoms with van der Waals surface area (Å²) in [7, 11) is 0. The van der Waals surface area contributed by atoms with Crippen molar-refractivity contribution in [3.63, 3.8) is 0 Å². The van der Waals surface area contributed by atoms with Crippen LogP contribution in [0.5, 0.6) is 0 Å². The summed E-state index contributed by atoms with van der Waals surface area (Å²) < 4.78 is 7.49. The van der Waals surface area contributed by atoms with Gasteiger partial charge in [-0.25, -0.2) is 4.68 Å². The average molecular weight is 395 g/mol. The minimum atomic E-state index is 0.0833. The summed E-state index contributed by atoms with van der Waals surface area (Å²) in [6, 6.07) is 6.40. The van der Waals surface area contributed by atoms with E-state index >= 15 is 0 Å². The topological polar surface area (TPSA) is 59.4 Å². The van der Waals surface area contributed by atoms with Crippen molar-refractivity contribution in [1.29, 1.82) is 0 Å². The Morgan fingerprint density at radius 1 is 1.31 bits per heavy atom. The van der Waals surface area contributed by atoms with Gasteiger partial charge in [0.05, 0.1) is 24.5 Å². The lowest BCUT2D eigenvalue weighted by Gasteiger charge is -2.25. The molecule has 0 aliphatic carbocycles. The summed E-state index contributed by atoms with van der Waals surface area (Å²) in [5, 5.41) is 7.55. The largest absolute Gasteiger partial charge is 0.376 e. The van der Waals surface area contributed by atoms with Crippen LogP contribution < -0.4 is 5.32 Å². The van der Waals surface area contributed by atoms with Gasteiger partial charge in [-0.3, -0.25) is 9.69 Å². The molecule has 1 N–H and O–H groups in total. The average Bonchev–Trinajstić information content (AvgIpc) is 3.41. The molecule has 0 unspecified atom stereocenters. The molecule has 1 atom stereocenters. The number of hydrogen-bond donors (Lipinski definition) is 1. The van der Waals surface area contributed by atoms with E-state index in [0.29, 0.717) is 13.1 Å². The fourth-order valence-corrected chi connectivity index (χ4v) is 3.91. The number of hydrogen-bond acceptors (Lipinski definition) is 4. The molecule has 1 aromatic carbocycles. The Balaban J connectivity index is 1.31. The van der Waals surface area contributed by atoms with E-state index in [-0.39, 0.29) is 12.0 Å². The van der Waals surface area contributed by atoms with E-state index in [4.69, 9.17) is 4.74 Å². The zero-order valence-corrected chi connectivity index (χ0v) is 17.4. The standard InChI is InChI=1S/C23H30N4O2/c1-17-5-6-21(12-18(17)2)27-15-20(13-25-27)19-7-9-26(10-8-19)16-23(28)24-14-22-4-3-11-29-22/h5-7,12-13,15,22H,3-4,8-11,14,16H2,1-2H3,(H,24,28)/t22-/m0/s1. The fraction of sp³-hybridized carbons (Fsp3) is 0.478. The third-order valence-electron chi connectivity index (χ3n) is 5.92. The Hall–Kier alpha value is -2.44. The normalized spacial score (nSPS) is 19.9. The van der Waals surface area contributed by atoms with Crippen molar-refractivity contribution >= 4 is 11.5 Å². The van der Waals surface area contributed by atoms with E-state index in [1.54, 1.807) is 0 Å². The van der Waals surface area contributed by atoms with E-state index in [0.717, 1.165) is 50.2 Å². The highest BCUT2D eigenvalue weighted by Crippen LogP contribution is 2.23. The van der Waals surface area contributed by atoms with Crippen LogP contribution in [0, 0.1) is 13.8 Å². The molecule has 0 spiro atoms. The van der Waals surface area contributed by atoms with Crippen molar-refractivity contribution in [3.8, 4) is 5.69 Å². The lowest BCUT2D eigenvalue weighted by molar-refractivity contribution is -0.122. The quantitative estimate of drug-likeness (QED) is 0.819. The molecule has 154 valence electrons. The van der Waals surface area contributed by atoms with Gasteiger partial charge in [0.15, 0.2) is 0 Å². The van der Waals surface area contributed by atoms with Crippen molar-refractivity contribution in [3.05, 3.63) is 53.4 Å². The summed E-state index contributed by atoms with van der Waals surface area (Å²) >= 11 is 0. The van der Waals surface area contributed by atoms with E-state index in [1.165, 1.54) is 16.7 Å². The molecule has 0 bridgehead atoms. The number of nitrogens with one attached hydrogen (secondary N) is 1. The van der Waals surface area contributed by atoms with Gasteiger partial charge in [0.2, 0.25) is 5.91 Å². The smallest absolute Gasteiger partial charge is 0.234 e. The van der Waals surface area contributed by atoms with Crippen molar-refractivity contribution < 1.29 is 9.53 Å². The monoisotopic (exact) mass is 394 g/mol. The van der Waals surface area contributed by atoms with Crippen LogP contribution in [0.15, 0.2) is 36.7 Å². The number of carbonyl (C=O) groups is 1. The Kier molecular flexibility index (Phi) is 6.11. The van der Waals surface area contributed by atoms with Gasteiger partial charge in [0.25, 0.3) is 0 Å². The van der Waals surface area contributed by atoms with Gasteiger partial charge in [-0.1, -0.05) is 12.1 Å². The second-order valence-electron chi connectivity index (χ2n) is 8.10. The Morgan fingerprint density at radius 3 is 2.93 bits per heavy atom. The first-order valence-corrected chi connectivity index (χ1v) is 10.5. The SMILES string of the molecule is Cc1ccc(-n2cc(C3=CCN(CC(=O)NC[C@@H]4CCCO4)CC3)cn2)cc1C. The first-order valence-electron chi connectivity index (χ1n) is 10.5. The zero-order chi connectivity index (χ0) is 20.2. The number of aromatic nitrogens is 2. The zero-order valence-electron chi connectivity index (χ0n) is 17.4. The number of carbonyl (C=O) groups excluding carboxylic acids is 1. The molecule has 2 aliphatic heterocycles. The molecular weight excluding hydrogens is 364 g/mol. The number of aryl methyl sites for hydroxylation is 2. The van der Waals surface area contributed by atoms with E-state index in [2.05, 4.69) is 59.6 Å². The molecule has 29 heavy (non-hydrogen) atoms. The predicted molar refractivity (Wildman–Crippen MR) is 114 cm³/mol. The number of ether oxygens (including phenoxy) is 1. The van der Waals surface area contributed by atoms with Crippen molar-refractivity contribution in [2.75, 3.05) is 32.8 Å². The van der Waals surface area contributed by atoms with Crippen molar-refractivity contribution in [1.82, 2.24) is 20.0 Å². The second kappa shape index (κ2) is 8.93. The van der Waals surface area contributed by atoms with Crippen LogP contribution in [0.4, 0.5) is 0 Å².